The van der Waals surface area contributed by atoms with E-state index in [4.69, 9.17) is 9.47 Å². The highest BCUT2D eigenvalue weighted by atomic mass is 16.5. The highest BCUT2D eigenvalue weighted by molar-refractivity contribution is 5.91. The fourth-order valence-corrected chi connectivity index (χ4v) is 2.88. The lowest BCUT2D eigenvalue weighted by Crippen LogP contribution is -2.20. The molecule has 1 heterocycles. The molecule has 1 amide bonds. The molecule has 152 valence electrons. The fraction of sp³-hybridized carbons (Fsp3) is 0.273. The summed E-state index contributed by atoms with van der Waals surface area (Å²) >= 11 is 0. The van der Waals surface area contributed by atoms with Gasteiger partial charge in [0.05, 0.1) is 18.0 Å². The molecule has 0 aliphatic rings. The Morgan fingerprint density at radius 1 is 1.10 bits per heavy atom. The molecule has 0 aliphatic heterocycles. The predicted molar refractivity (Wildman–Crippen MR) is 113 cm³/mol. The SMILES string of the molecule is CCOc1cc(CNc2cn(C)nc2C)ccc1OCC(=O)Nc1ccccc1. The van der Waals surface area contributed by atoms with Crippen LogP contribution in [-0.4, -0.2) is 28.9 Å². The molecule has 7 heteroatoms. The van der Waals surface area contributed by atoms with Gasteiger partial charge in [0.15, 0.2) is 18.1 Å². The summed E-state index contributed by atoms with van der Waals surface area (Å²) in [5.74, 6) is 0.926. The van der Waals surface area contributed by atoms with Gasteiger partial charge in [-0.15, -0.1) is 0 Å². The molecule has 29 heavy (non-hydrogen) atoms. The summed E-state index contributed by atoms with van der Waals surface area (Å²) in [6, 6.07) is 15.0. The molecule has 3 rings (SSSR count). The van der Waals surface area contributed by atoms with Crippen LogP contribution in [0.4, 0.5) is 11.4 Å². The molecule has 3 aromatic rings. The second-order valence-corrected chi connectivity index (χ2v) is 6.57. The lowest BCUT2D eigenvalue weighted by molar-refractivity contribution is -0.118. The van der Waals surface area contributed by atoms with Crippen molar-refractivity contribution in [3.05, 3.63) is 66.0 Å². The second kappa shape index (κ2) is 9.64. The van der Waals surface area contributed by atoms with Crippen LogP contribution >= 0.6 is 0 Å². The molecule has 0 saturated heterocycles. The molecule has 0 aliphatic carbocycles. The number of aromatic nitrogens is 2. The van der Waals surface area contributed by atoms with Gasteiger partial charge < -0.3 is 20.1 Å². The van der Waals surface area contributed by atoms with Gasteiger partial charge in [-0.3, -0.25) is 9.48 Å². The van der Waals surface area contributed by atoms with Crippen LogP contribution in [0.15, 0.2) is 54.7 Å². The van der Waals surface area contributed by atoms with E-state index in [1.807, 2.05) is 75.6 Å². The van der Waals surface area contributed by atoms with Crippen LogP contribution in [0, 0.1) is 6.92 Å². The van der Waals surface area contributed by atoms with E-state index in [1.54, 1.807) is 4.68 Å². The molecule has 7 nitrogen and oxygen atoms in total. The van der Waals surface area contributed by atoms with E-state index in [2.05, 4.69) is 15.7 Å². The zero-order valence-electron chi connectivity index (χ0n) is 16.9. The molecule has 0 fully saturated rings. The first-order chi connectivity index (χ1) is 14.0. The number of ether oxygens (including phenoxy) is 2. The van der Waals surface area contributed by atoms with Crippen LogP contribution in [0.2, 0.25) is 0 Å². The zero-order chi connectivity index (χ0) is 20.6. The van der Waals surface area contributed by atoms with Gasteiger partial charge in [0, 0.05) is 25.5 Å². The third-order valence-electron chi connectivity index (χ3n) is 4.22. The van der Waals surface area contributed by atoms with Crippen LogP contribution in [0.1, 0.15) is 18.2 Å². The van der Waals surface area contributed by atoms with Crippen molar-refractivity contribution >= 4 is 17.3 Å². The van der Waals surface area contributed by atoms with Crippen molar-refractivity contribution in [2.24, 2.45) is 7.05 Å². The van der Waals surface area contributed by atoms with Crippen molar-refractivity contribution in [2.45, 2.75) is 20.4 Å². The summed E-state index contributed by atoms with van der Waals surface area (Å²) in [5, 5.41) is 10.5. The number of carbonyl (C=O) groups is 1. The zero-order valence-corrected chi connectivity index (χ0v) is 16.9. The van der Waals surface area contributed by atoms with E-state index in [9.17, 15) is 4.79 Å². The average molecular weight is 394 g/mol. The van der Waals surface area contributed by atoms with E-state index in [0.29, 0.717) is 24.7 Å². The molecular weight excluding hydrogens is 368 g/mol. The van der Waals surface area contributed by atoms with Crippen LogP contribution < -0.4 is 20.1 Å². The number of para-hydroxylation sites is 1. The first-order valence-electron chi connectivity index (χ1n) is 9.52. The van der Waals surface area contributed by atoms with Crippen molar-refractivity contribution in [1.29, 1.82) is 0 Å². The number of hydrogen-bond acceptors (Lipinski definition) is 5. The van der Waals surface area contributed by atoms with Crippen molar-refractivity contribution in [2.75, 3.05) is 23.8 Å². The number of carbonyl (C=O) groups excluding carboxylic acids is 1. The third-order valence-corrected chi connectivity index (χ3v) is 4.22. The van der Waals surface area contributed by atoms with E-state index >= 15 is 0 Å². The Hall–Kier alpha value is -3.48. The Kier molecular flexibility index (Phi) is 6.73. The smallest absolute Gasteiger partial charge is 0.262 e. The maximum absolute atomic E-state index is 12.1. The molecule has 2 N–H and O–H groups in total. The van der Waals surface area contributed by atoms with Crippen LogP contribution in [0.5, 0.6) is 11.5 Å². The van der Waals surface area contributed by atoms with Gasteiger partial charge in [-0.1, -0.05) is 24.3 Å². The molecule has 0 atom stereocenters. The van der Waals surface area contributed by atoms with E-state index in [-0.39, 0.29) is 12.5 Å². The van der Waals surface area contributed by atoms with Gasteiger partial charge in [0.25, 0.3) is 5.91 Å². The van der Waals surface area contributed by atoms with Gasteiger partial charge in [-0.25, -0.2) is 0 Å². The molecule has 0 radical (unpaired) electrons. The van der Waals surface area contributed by atoms with Crippen molar-refractivity contribution in [3.63, 3.8) is 0 Å². The number of benzene rings is 2. The molecular formula is C22H26N4O3. The lowest BCUT2D eigenvalue weighted by Gasteiger charge is -2.14. The van der Waals surface area contributed by atoms with E-state index in [1.165, 1.54) is 0 Å². The molecule has 0 spiro atoms. The van der Waals surface area contributed by atoms with Crippen molar-refractivity contribution < 1.29 is 14.3 Å². The summed E-state index contributed by atoms with van der Waals surface area (Å²) in [5.41, 5.74) is 3.71. The molecule has 1 aromatic heterocycles. The Labute approximate surface area is 170 Å². The van der Waals surface area contributed by atoms with Crippen LogP contribution in [0.25, 0.3) is 0 Å². The molecule has 0 bridgehead atoms. The van der Waals surface area contributed by atoms with Gasteiger partial charge in [-0.05, 0) is 43.7 Å². The monoisotopic (exact) mass is 394 g/mol. The van der Waals surface area contributed by atoms with Gasteiger partial charge in [0.1, 0.15) is 0 Å². The van der Waals surface area contributed by atoms with Crippen molar-refractivity contribution in [1.82, 2.24) is 9.78 Å². The predicted octanol–water partition coefficient (Wildman–Crippen LogP) is 3.76. The number of rotatable bonds is 9. The standard InChI is InChI=1S/C22H26N4O3/c1-4-28-21-12-17(13-23-19-14-26(3)25-16(19)2)10-11-20(21)29-15-22(27)24-18-8-6-5-7-9-18/h5-12,14,23H,4,13,15H2,1-3H3,(H,24,27). The Bertz CT molecular complexity index is 954. The number of nitrogens with zero attached hydrogens (tertiary/aromatic N) is 2. The molecule has 0 unspecified atom stereocenters. The number of anilines is 2. The minimum atomic E-state index is -0.226. The number of aryl methyl sites for hydroxylation is 2. The number of hydrogen-bond donors (Lipinski definition) is 2. The normalized spacial score (nSPS) is 10.4. The first-order valence-corrected chi connectivity index (χ1v) is 9.52. The Balaban J connectivity index is 1.61. The number of amides is 1. The van der Waals surface area contributed by atoms with E-state index in [0.717, 1.165) is 22.6 Å². The molecule has 0 saturated carbocycles. The third kappa shape index (κ3) is 5.75. The highest BCUT2D eigenvalue weighted by Gasteiger charge is 2.10. The topological polar surface area (TPSA) is 77.4 Å². The lowest BCUT2D eigenvalue weighted by atomic mass is 10.2. The summed E-state index contributed by atoms with van der Waals surface area (Å²) < 4.78 is 13.2. The average Bonchev–Trinajstić information content (AvgIpc) is 3.03. The van der Waals surface area contributed by atoms with Crippen LogP contribution in [0.3, 0.4) is 0 Å². The maximum atomic E-state index is 12.1. The minimum absolute atomic E-state index is 0.0958. The first kappa shape index (κ1) is 20.3. The van der Waals surface area contributed by atoms with Crippen LogP contribution in [-0.2, 0) is 18.4 Å². The minimum Gasteiger partial charge on any atom is -0.490 e. The molecule has 2 aromatic carbocycles. The largest absolute Gasteiger partial charge is 0.490 e. The summed E-state index contributed by atoms with van der Waals surface area (Å²) in [4.78, 5) is 12.1. The van der Waals surface area contributed by atoms with E-state index < -0.39 is 0 Å². The van der Waals surface area contributed by atoms with Gasteiger partial charge in [0.2, 0.25) is 0 Å². The summed E-state index contributed by atoms with van der Waals surface area (Å²) in [6.45, 7) is 4.91. The maximum Gasteiger partial charge on any atom is 0.262 e. The van der Waals surface area contributed by atoms with Gasteiger partial charge >= 0.3 is 0 Å². The number of nitrogens with one attached hydrogen (secondary N) is 2. The Morgan fingerprint density at radius 2 is 1.90 bits per heavy atom. The fourth-order valence-electron chi connectivity index (χ4n) is 2.88. The summed E-state index contributed by atoms with van der Waals surface area (Å²) in [7, 11) is 1.89. The second-order valence-electron chi connectivity index (χ2n) is 6.57. The van der Waals surface area contributed by atoms with Gasteiger partial charge in [-0.2, -0.15) is 5.10 Å². The summed E-state index contributed by atoms with van der Waals surface area (Å²) in [6.07, 6.45) is 1.95. The Morgan fingerprint density at radius 3 is 2.59 bits per heavy atom. The highest BCUT2D eigenvalue weighted by Crippen LogP contribution is 2.29. The van der Waals surface area contributed by atoms with Crippen molar-refractivity contribution in [3.8, 4) is 11.5 Å². The quantitative estimate of drug-likeness (QED) is 0.578.